The first-order chi connectivity index (χ1) is 6.20. The van der Waals surface area contributed by atoms with Gasteiger partial charge < -0.3 is 4.74 Å². The highest BCUT2D eigenvalue weighted by molar-refractivity contribution is 8.04. The Bertz CT molecular complexity index is 305. The predicted molar refractivity (Wildman–Crippen MR) is 48.8 cm³/mol. The number of rotatable bonds is 2. The number of hydrogen-bond donors (Lipinski definition) is 0. The fourth-order valence-electron chi connectivity index (χ4n) is 1.05. The number of ether oxygens (including phenoxy) is 1. The van der Waals surface area contributed by atoms with E-state index in [2.05, 4.69) is 9.73 Å². The lowest BCUT2D eigenvalue weighted by Crippen LogP contribution is -2.02. The van der Waals surface area contributed by atoms with Crippen molar-refractivity contribution in [3.63, 3.8) is 0 Å². The first kappa shape index (κ1) is 10.0. The Morgan fingerprint density at radius 3 is 3.00 bits per heavy atom. The summed E-state index contributed by atoms with van der Waals surface area (Å²) in [5.41, 5.74) is 0.492. The maximum atomic E-state index is 11.2. The van der Waals surface area contributed by atoms with E-state index in [-0.39, 0.29) is 5.92 Å². The van der Waals surface area contributed by atoms with Crippen LogP contribution in [0.4, 0.5) is 0 Å². The number of nitrogens with zero attached hydrogens (tertiary/aromatic N) is 1. The number of hydrogen-bond acceptors (Lipinski definition) is 5. The first-order valence-electron chi connectivity index (χ1n) is 3.73. The summed E-state index contributed by atoms with van der Waals surface area (Å²) in [5, 5.41) is 0. The highest BCUT2D eigenvalue weighted by Crippen LogP contribution is 2.36. The smallest absolute Gasteiger partial charge is 0.346 e. The van der Waals surface area contributed by atoms with Crippen molar-refractivity contribution < 1.29 is 14.3 Å². The van der Waals surface area contributed by atoms with E-state index in [1.165, 1.54) is 25.0 Å². The molecule has 0 fully saturated rings. The average Bonchev–Trinajstić information content (AvgIpc) is 2.48. The van der Waals surface area contributed by atoms with Gasteiger partial charge in [-0.2, -0.15) is 4.99 Å². The van der Waals surface area contributed by atoms with Gasteiger partial charge in [0, 0.05) is 11.7 Å². The van der Waals surface area contributed by atoms with Crippen LogP contribution in [-0.2, 0) is 14.3 Å². The van der Waals surface area contributed by atoms with E-state index in [0.717, 1.165) is 5.75 Å². The van der Waals surface area contributed by atoms with E-state index in [9.17, 15) is 9.59 Å². The average molecular weight is 199 g/mol. The minimum atomic E-state index is -0.427. The van der Waals surface area contributed by atoms with Gasteiger partial charge in [-0.1, -0.05) is 6.92 Å². The van der Waals surface area contributed by atoms with Gasteiger partial charge in [-0.25, -0.2) is 9.59 Å². The lowest BCUT2D eigenvalue weighted by Gasteiger charge is -2.00. The highest BCUT2D eigenvalue weighted by atomic mass is 32.2. The summed E-state index contributed by atoms with van der Waals surface area (Å²) >= 11 is 1.36. The van der Waals surface area contributed by atoms with Gasteiger partial charge in [-0.3, -0.25) is 0 Å². The van der Waals surface area contributed by atoms with Crippen LogP contribution >= 0.6 is 11.8 Å². The Hall–Kier alpha value is -1.06. The van der Waals surface area contributed by atoms with Crippen LogP contribution in [0, 0.1) is 5.92 Å². The molecule has 13 heavy (non-hydrogen) atoms. The molecule has 0 bridgehead atoms. The molecule has 1 unspecified atom stereocenters. The number of isocyanates is 1. The van der Waals surface area contributed by atoms with Crippen LogP contribution in [-0.4, -0.2) is 24.9 Å². The maximum absolute atomic E-state index is 11.2. The Morgan fingerprint density at radius 2 is 2.46 bits per heavy atom. The molecule has 0 aromatic rings. The molecule has 1 atom stereocenters. The van der Waals surface area contributed by atoms with Crippen molar-refractivity contribution in [2.45, 2.75) is 6.92 Å². The summed E-state index contributed by atoms with van der Waals surface area (Å²) in [4.78, 5) is 25.2. The molecule has 1 aliphatic rings. The SMILES string of the molecule is COC(=O)C1=C(N=C=O)C(C)CS1. The largest absolute Gasteiger partial charge is 0.465 e. The maximum Gasteiger partial charge on any atom is 0.346 e. The van der Waals surface area contributed by atoms with E-state index in [1.54, 1.807) is 0 Å². The molecule has 0 saturated carbocycles. The van der Waals surface area contributed by atoms with Crippen LogP contribution in [0.3, 0.4) is 0 Å². The Balaban J connectivity index is 3.01. The Labute approximate surface area is 80.1 Å². The molecule has 0 amide bonds. The minimum absolute atomic E-state index is 0.112. The van der Waals surface area contributed by atoms with E-state index in [1.807, 2.05) is 6.92 Å². The van der Waals surface area contributed by atoms with Gasteiger partial charge in [0.25, 0.3) is 0 Å². The molecule has 1 aliphatic heterocycles. The van der Waals surface area contributed by atoms with Crippen molar-refractivity contribution in [2.24, 2.45) is 10.9 Å². The fraction of sp³-hybridized carbons (Fsp3) is 0.500. The normalized spacial score (nSPS) is 21.2. The van der Waals surface area contributed by atoms with Crippen molar-refractivity contribution in [3.8, 4) is 0 Å². The molecule has 0 radical (unpaired) electrons. The fourth-order valence-corrected chi connectivity index (χ4v) is 2.22. The van der Waals surface area contributed by atoms with Crippen LogP contribution in [0.25, 0.3) is 0 Å². The number of carbonyl (C=O) groups is 1. The van der Waals surface area contributed by atoms with Gasteiger partial charge in [0.15, 0.2) is 0 Å². The van der Waals surface area contributed by atoms with Gasteiger partial charge in [0.05, 0.1) is 12.8 Å². The molecule has 1 rings (SSSR count). The molecule has 0 aliphatic carbocycles. The number of allylic oxidation sites excluding steroid dienone is 1. The number of thioether (sulfide) groups is 1. The Morgan fingerprint density at radius 1 is 1.77 bits per heavy atom. The van der Waals surface area contributed by atoms with E-state index < -0.39 is 5.97 Å². The standard InChI is InChI=1S/C8H9NO3S/c1-5-3-13-7(8(11)12-2)6(5)9-4-10/h5H,3H2,1-2H3. The van der Waals surface area contributed by atoms with E-state index in [0.29, 0.717) is 10.6 Å². The molecule has 0 aromatic carbocycles. The highest BCUT2D eigenvalue weighted by Gasteiger charge is 2.28. The minimum Gasteiger partial charge on any atom is -0.465 e. The molecular weight excluding hydrogens is 190 g/mol. The molecule has 0 aromatic heterocycles. The molecule has 70 valence electrons. The van der Waals surface area contributed by atoms with Crippen LogP contribution in [0.2, 0.25) is 0 Å². The van der Waals surface area contributed by atoms with Crippen LogP contribution in [0.1, 0.15) is 6.92 Å². The van der Waals surface area contributed by atoms with E-state index >= 15 is 0 Å². The number of carbonyl (C=O) groups excluding carboxylic acids is 2. The molecule has 1 heterocycles. The quantitative estimate of drug-likeness (QED) is 0.379. The second-order valence-corrected chi connectivity index (χ2v) is 3.65. The summed E-state index contributed by atoms with van der Waals surface area (Å²) < 4.78 is 4.55. The second-order valence-electron chi connectivity index (χ2n) is 2.62. The van der Waals surface area contributed by atoms with Crippen molar-refractivity contribution >= 4 is 23.8 Å². The molecular formula is C8H9NO3S. The van der Waals surface area contributed by atoms with Gasteiger partial charge in [-0.15, -0.1) is 11.8 Å². The van der Waals surface area contributed by atoms with Gasteiger partial charge in [-0.05, 0) is 0 Å². The van der Waals surface area contributed by atoms with Crippen LogP contribution in [0.15, 0.2) is 15.6 Å². The van der Waals surface area contributed by atoms with Crippen molar-refractivity contribution in [1.29, 1.82) is 0 Å². The van der Waals surface area contributed by atoms with Gasteiger partial charge in [0.2, 0.25) is 6.08 Å². The lowest BCUT2D eigenvalue weighted by atomic mass is 10.1. The van der Waals surface area contributed by atoms with Crippen molar-refractivity contribution in [1.82, 2.24) is 0 Å². The van der Waals surface area contributed by atoms with Crippen molar-refractivity contribution in [2.75, 3.05) is 12.9 Å². The third-order valence-corrected chi connectivity index (χ3v) is 3.05. The number of methoxy groups -OCH3 is 1. The van der Waals surface area contributed by atoms with Gasteiger partial charge in [0.1, 0.15) is 4.91 Å². The van der Waals surface area contributed by atoms with Crippen LogP contribution in [0.5, 0.6) is 0 Å². The zero-order valence-electron chi connectivity index (χ0n) is 7.36. The zero-order chi connectivity index (χ0) is 9.84. The Kier molecular flexibility index (Phi) is 3.28. The number of aliphatic imine (C=N–C) groups is 1. The summed E-state index contributed by atoms with van der Waals surface area (Å²) in [6.07, 6.45) is 1.45. The lowest BCUT2D eigenvalue weighted by molar-refractivity contribution is -0.135. The molecule has 0 N–H and O–H groups in total. The third-order valence-electron chi connectivity index (χ3n) is 1.71. The zero-order valence-corrected chi connectivity index (χ0v) is 8.18. The second kappa shape index (κ2) is 4.25. The predicted octanol–water partition coefficient (Wildman–Crippen LogP) is 1.09. The topological polar surface area (TPSA) is 55.7 Å². The molecule has 5 heteroatoms. The summed E-state index contributed by atoms with van der Waals surface area (Å²) in [6.45, 7) is 1.90. The molecule has 0 spiro atoms. The summed E-state index contributed by atoms with van der Waals surface area (Å²) in [6, 6.07) is 0. The first-order valence-corrected chi connectivity index (χ1v) is 4.72. The summed E-state index contributed by atoms with van der Waals surface area (Å²) in [5.74, 6) is 0.439. The van der Waals surface area contributed by atoms with Crippen LogP contribution < -0.4 is 0 Å². The monoisotopic (exact) mass is 199 g/mol. The van der Waals surface area contributed by atoms with Gasteiger partial charge >= 0.3 is 5.97 Å². The molecule has 0 saturated heterocycles. The summed E-state index contributed by atoms with van der Waals surface area (Å²) in [7, 11) is 1.31. The molecule has 4 nitrogen and oxygen atoms in total. The third kappa shape index (κ3) is 1.99. The van der Waals surface area contributed by atoms with Crippen molar-refractivity contribution in [3.05, 3.63) is 10.6 Å². The van der Waals surface area contributed by atoms with E-state index in [4.69, 9.17) is 0 Å². The number of esters is 1.